The summed E-state index contributed by atoms with van der Waals surface area (Å²) in [7, 11) is 0. The van der Waals surface area contributed by atoms with Crippen LogP contribution in [0.15, 0.2) is 24.3 Å². The Hall–Kier alpha value is -1.32. The number of hydrogen-bond donors (Lipinski definition) is 3. The topological polar surface area (TPSA) is 53.8 Å². The van der Waals surface area contributed by atoms with Gasteiger partial charge in [0.15, 0.2) is 0 Å². The number of nitrogens with one attached hydrogen (secondary N) is 2. The molecule has 2 aromatic rings. The summed E-state index contributed by atoms with van der Waals surface area (Å²) in [5, 5.41) is 4.78. The Balaban J connectivity index is 2.14. The van der Waals surface area contributed by atoms with Crippen LogP contribution in [0.25, 0.3) is 10.9 Å². The van der Waals surface area contributed by atoms with Crippen molar-refractivity contribution in [2.75, 3.05) is 6.54 Å². The van der Waals surface area contributed by atoms with Crippen LogP contribution in [0, 0.1) is 0 Å². The quantitative estimate of drug-likeness (QED) is 0.648. The molecule has 3 heteroatoms. The van der Waals surface area contributed by atoms with Crippen molar-refractivity contribution in [3.05, 3.63) is 35.5 Å². The zero-order valence-corrected chi connectivity index (χ0v) is 8.59. The van der Waals surface area contributed by atoms with E-state index >= 15 is 0 Å². The fourth-order valence-corrected chi connectivity index (χ4v) is 2.37. The Morgan fingerprint density at radius 3 is 3.07 bits per heavy atom. The first-order valence-electron chi connectivity index (χ1n) is 5.40. The Morgan fingerprint density at radius 1 is 1.33 bits per heavy atom. The molecular weight excluding hydrogens is 186 g/mol. The SMILES string of the molecule is NCC1Cc2c([nH]c3ccccc23)CN1. The van der Waals surface area contributed by atoms with E-state index < -0.39 is 0 Å². The Morgan fingerprint density at radius 2 is 2.20 bits per heavy atom. The molecule has 0 saturated heterocycles. The monoisotopic (exact) mass is 201 g/mol. The molecule has 1 unspecified atom stereocenters. The van der Waals surface area contributed by atoms with Gasteiger partial charge in [-0.1, -0.05) is 18.2 Å². The van der Waals surface area contributed by atoms with Crippen LogP contribution in [0.1, 0.15) is 11.3 Å². The summed E-state index contributed by atoms with van der Waals surface area (Å²) in [6.07, 6.45) is 1.04. The van der Waals surface area contributed by atoms with Gasteiger partial charge in [-0.15, -0.1) is 0 Å². The normalized spacial score (nSPS) is 20.5. The van der Waals surface area contributed by atoms with E-state index in [1.807, 2.05) is 0 Å². The number of aromatic amines is 1. The third-order valence-corrected chi connectivity index (χ3v) is 3.20. The van der Waals surface area contributed by atoms with Crippen molar-refractivity contribution in [1.29, 1.82) is 0 Å². The minimum Gasteiger partial charge on any atom is -0.357 e. The van der Waals surface area contributed by atoms with Gasteiger partial charge in [-0.25, -0.2) is 0 Å². The summed E-state index contributed by atoms with van der Waals surface area (Å²) in [6, 6.07) is 8.90. The molecule has 1 aromatic heterocycles. The molecule has 0 radical (unpaired) electrons. The first-order valence-corrected chi connectivity index (χ1v) is 5.40. The number of para-hydroxylation sites is 1. The lowest BCUT2D eigenvalue weighted by Gasteiger charge is -2.22. The number of H-pyrrole nitrogens is 1. The molecular formula is C12H15N3. The maximum atomic E-state index is 5.70. The summed E-state index contributed by atoms with van der Waals surface area (Å²) in [5.41, 5.74) is 9.70. The largest absolute Gasteiger partial charge is 0.357 e. The van der Waals surface area contributed by atoms with E-state index in [4.69, 9.17) is 5.73 Å². The van der Waals surface area contributed by atoms with E-state index in [9.17, 15) is 0 Å². The molecule has 3 rings (SSSR count). The second-order valence-electron chi connectivity index (χ2n) is 4.15. The van der Waals surface area contributed by atoms with Gasteiger partial charge in [0.1, 0.15) is 0 Å². The minimum atomic E-state index is 0.428. The summed E-state index contributed by atoms with van der Waals surface area (Å²) in [5.74, 6) is 0. The molecule has 0 aliphatic carbocycles. The van der Waals surface area contributed by atoms with Crippen LogP contribution in [0.3, 0.4) is 0 Å². The lowest BCUT2D eigenvalue weighted by Crippen LogP contribution is -2.40. The van der Waals surface area contributed by atoms with Gasteiger partial charge in [0.2, 0.25) is 0 Å². The molecule has 1 aromatic carbocycles. The lowest BCUT2D eigenvalue weighted by atomic mass is 9.99. The molecule has 0 spiro atoms. The molecule has 2 heterocycles. The smallest absolute Gasteiger partial charge is 0.0459 e. The zero-order valence-electron chi connectivity index (χ0n) is 8.59. The van der Waals surface area contributed by atoms with Crippen molar-refractivity contribution in [3.8, 4) is 0 Å². The molecule has 1 aliphatic heterocycles. The molecule has 4 N–H and O–H groups in total. The first kappa shape index (κ1) is 8.95. The third-order valence-electron chi connectivity index (χ3n) is 3.20. The lowest BCUT2D eigenvalue weighted by molar-refractivity contribution is 0.485. The van der Waals surface area contributed by atoms with Crippen LogP contribution in [0.4, 0.5) is 0 Å². The number of fused-ring (bicyclic) bond motifs is 3. The molecule has 78 valence electrons. The van der Waals surface area contributed by atoms with E-state index in [0.29, 0.717) is 12.6 Å². The van der Waals surface area contributed by atoms with Gasteiger partial charge < -0.3 is 16.0 Å². The molecule has 0 fully saturated rings. The van der Waals surface area contributed by atoms with Crippen molar-refractivity contribution in [2.24, 2.45) is 5.73 Å². The fraction of sp³-hybridized carbons (Fsp3) is 0.333. The van der Waals surface area contributed by atoms with Gasteiger partial charge >= 0.3 is 0 Å². The Bertz CT molecular complexity index is 487. The van der Waals surface area contributed by atoms with Crippen LogP contribution < -0.4 is 11.1 Å². The predicted octanol–water partition coefficient (Wildman–Crippen LogP) is 1.14. The maximum absolute atomic E-state index is 5.70. The fourth-order valence-electron chi connectivity index (χ4n) is 2.37. The molecule has 15 heavy (non-hydrogen) atoms. The standard InChI is InChI=1S/C12H15N3/c13-6-8-5-10-9-3-1-2-4-11(9)15-12(10)7-14-8/h1-4,8,14-15H,5-7,13H2. The first-order chi connectivity index (χ1) is 7.38. The van der Waals surface area contributed by atoms with Crippen LogP contribution in [0.5, 0.6) is 0 Å². The van der Waals surface area contributed by atoms with Gasteiger partial charge in [0, 0.05) is 35.7 Å². The summed E-state index contributed by atoms with van der Waals surface area (Å²) in [4.78, 5) is 3.46. The maximum Gasteiger partial charge on any atom is 0.0459 e. The number of hydrogen-bond acceptors (Lipinski definition) is 2. The average molecular weight is 201 g/mol. The Kier molecular flexibility index (Phi) is 2.01. The highest BCUT2D eigenvalue weighted by Gasteiger charge is 2.20. The van der Waals surface area contributed by atoms with Crippen LogP contribution in [0.2, 0.25) is 0 Å². The van der Waals surface area contributed by atoms with E-state index in [-0.39, 0.29) is 0 Å². The van der Waals surface area contributed by atoms with E-state index in [2.05, 4.69) is 34.6 Å². The van der Waals surface area contributed by atoms with Gasteiger partial charge in [-0.3, -0.25) is 0 Å². The highest BCUT2D eigenvalue weighted by Crippen LogP contribution is 2.25. The number of nitrogens with two attached hydrogens (primary N) is 1. The highest BCUT2D eigenvalue weighted by atomic mass is 15.0. The van der Waals surface area contributed by atoms with E-state index in [0.717, 1.165) is 13.0 Å². The van der Waals surface area contributed by atoms with Crippen LogP contribution >= 0.6 is 0 Å². The zero-order chi connectivity index (χ0) is 10.3. The number of rotatable bonds is 1. The second kappa shape index (κ2) is 3.36. The van der Waals surface area contributed by atoms with Crippen molar-refractivity contribution >= 4 is 10.9 Å². The second-order valence-corrected chi connectivity index (χ2v) is 4.15. The Labute approximate surface area is 88.7 Å². The van der Waals surface area contributed by atoms with Crippen molar-refractivity contribution in [3.63, 3.8) is 0 Å². The average Bonchev–Trinajstić information content (AvgIpc) is 2.66. The summed E-state index contributed by atoms with van der Waals surface area (Å²) in [6.45, 7) is 1.62. The molecule has 1 atom stereocenters. The van der Waals surface area contributed by atoms with E-state index in [1.54, 1.807) is 0 Å². The molecule has 0 amide bonds. The number of aromatic nitrogens is 1. The van der Waals surface area contributed by atoms with Gasteiger partial charge in [-0.05, 0) is 18.1 Å². The van der Waals surface area contributed by atoms with Gasteiger partial charge in [0.05, 0.1) is 0 Å². The highest BCUT2D eigenvalue weighted by molar-refractivity contribution is 5.84. The third kappa shape index (κ3) is 1.35. The van der Waals surface area contributed by atoms with Crippen molar-refractivity contribution in [2.45, 2.75) is 19.0 Å². The minimum absolute atomic E-state index is 0.428. The van der Waals surface area contributed by atoms with Gasteiger partial charge in [-0.2, -0.15) is 0 Å². The van der Waals surface area contributed by atoms with Crippen LogP contribution in [-0.4, -0.2) is 17.6 Å². The molecule has 0 bridgehead atoms. The van der Waals surface area contributed by atoms with E-state index in [1.165, 1.54) is 22.2 Å². The van der Waals surface area contributed by atoms with Gasteiger partial charge in [0.25, 0.3) is 0 Å². The molecule has 3 nitrogen and oxygen atoms in total. The summed E-state index contributed by atoms with van der Waals surface area (Å²) < 4.78 is 0. The molecule has 1 aliphatic rings. The van der Waals surface area contributed by atoms with Crippen molar-refractivity contribution < 1.29 is 0 Å². The molecule has 0 saturated carbocycles. The number of benzene rings is 1. The van der Waals surface area contributed by atoms with Crippen molar-refractivity contribution in [1.82, 2.24) is 10.3 Å². The van der Waals surface area contributed by atoms with Crippen LogP contribution in [-0.2, 0) is 13.0 Å². The summed E-state index contributed by atoms with van der Waals surface area (Å²) >= 11 is 0. The predicted molar refractivity (Wildman–Crippen MR) is 61.7 cm³/mol.